The van der Waals surface area contributed by atoms with E-state index >= 15 is 0 Å². The Morgan fingerprint density at radius 3 is 2.69 bits per heavy atom. The van der Waals surface area contributed by atoms with E-state index in [0.29, 0.717) is 13.1 Å². The number of nitrogens with one attached hydrogen (secondary N) is 1. The topological polar surface area (TPSA) is 97.2 Å². The van der Waals surface area contributed by atoms with Crippen LogP contribution in [0.25, 0.3) is 0 Å². The van der Waals surface area contributed by atoms with Crippen LogP contribution in [0.4, 0.5) is 0 Å². The summed E-state index contributed by atoms with van der Waals surface area (Å²) in [4.78, 5) is 12.3. The minimum atomic E-state index is -3.54. The summed E-state index contributed by atoms with van der Waals surface area (Å²) in [5.74, 6) is -0.282. The summed E-state index contributed by atoms with van der Waals surface area (Å²) < 4.78 is 28.7. The highest BCUT2D eigenvalue weighted by Gasteiger charge is 2.31. The van der Waals surface area contributed by atoms with Crippen LogP contribution in [0.15, 0.2) is 41.4 Å². The zero-order chi connectivity index (χ0) is 18.7. The average Bonchev–Trinajstić information content (AvgIpc) is 3.12. The number of benzene rings is 1. The second-order valence-corrected chi connectivity index (χ2v) is 8.62. The molecule has 2 aromatic rings. The summed E-state index contributed by atoms with van der Waals surface area (Å²) in [6.07, 6.45) is 3.10. The number of carbonyl (C=O) groups excluding carboxylic acids is 1. The minimum absolute atomic E-state index is 0.00818. The summed E-state index contributed by atoms with van der Waals surface area (Å²) in [5.41, 5.74) is 0.238. The van der Waals surface area contributed by atoms with Crippen molar-refractivity contribution in [2.75, 3.05) is 13.1 Å². The van der Waals surface area contributed by atoms with Crippen LogP contribution in [0.2, 0.25) is 0 Å². The molecule has 0 saturated carbocycles. The number of piperidine rings is 1. The lowest BCUT2D eigenvalue weighted by molar-refractivity contribution is 0.0938. The number of aromatic nitrogens is 3. The van der Waals surface area contributed by atoms with Gasteiger partial charge in [-0.1, -0.05) is 23.4 Å². The van der Waals surface area contributed by atoms with Crippen molar-refractivity contribution in [3.8, 4) is 0 Å². The quantitative estimate of drug-likeness (QED) is 0.850. The first kappa shape index (κ1) is 18.5. The van der Waals surface area contributed by atoms with Gasteiger partial charge < -0.3 is 5.32 Å². The van der Waals surface area contributed by atoms with E-state index in [-0.39, 0.29) is 28.6 Å². The van der Waals surface area contributed by atoms with Crippen LogP contribution in [0.1, 0.15) is 43.2 Å². The second-order valence-electron chi connectivity index (χ2n) is 6.68. The zero-order valence-electron chi connectivity index (χ0n) is 14.9. The van der Waals surface area contributed by atoms with Gasteiger partial charge in [-0.2, -0.15) is 4.31 Å². The molecule has 1 N–H and O–H groups in total. The number of hydrogen-bond acceptors (Lipinski definition) is 5. The number of amides is 1. The Morgan fingerprint density at radius 1 is 1.27 bits per heavy atom. The van der Waals surface area contributed by atoms with Crippen molar-refractivity contribution < 1.29 is 13.2 Å². The molecule has 0 radical (unpaired) electrons. The van der Waals surface area contributed by atoms with Crippen LogP contribution < -0.4 is 5.32 Å². The van der Waals surface area contributed by atoms with E-state index in [1.54, 1.807) is 41.2 Å². The monoisotopic (exact) mass is 377 g/mol. The summed E-state index contributed by atoms with van der Waals surface area (Å²) in [6.45, 7) is 4.53. The molecule has 0 unspecified atom stereocenters. The molecule has 26 heavy (non-hydrogen) atoms. The molecule has 1 amide bonds. The minimum Gasteiger partial charge on any atom is -0.348 e. The van der Waals surface area contributed by atoms with E-state index < -0.39 is 10.0 Å². The Balaban J connectivity index is 1.75. The zero-order valence-corrected chi connectivity index (χ0v) is 15.7. The average molecular weight is 377 g/mol. The van der Waals surface area contributed by atoms with Gasteiger partial charge in [-0.05, 0) is 38.8 Å². The molecule has 140 valence electrons. The highest BCUT2D eigenvalue weighted by molar-refractivity contribution is 7.89. The van der Waals surface area contributed by atoms with Gasteiger partial charge in [0.2, 0.25) is 10.0 Å². The number of carbonyl (C=O) groups is 1. The molecule has 3 rings (SSSR count). The molecule has 1 fully saturated rings. The molecule has 1 aromatic carbocycles. The third-order valence-corrected chi connectivity index (χ3v) is 6.16. The van der Waals surface area contributed by atoms with Crippen LogP contribution in [0.3, 0.4) is 0 Å². The van der Waals surface area contributed by atoms with Gasteiger partial charge in [0.25, 0.3) is 5.91 Å². The van der Waals surface area contributed by atoms with Gasteiger partial charge in [-0.3, -0.25) is 4.79 Å². The van der Waals surface area contributed by atoms with Gasteiger partial charge in [0.1, 0.15) is 0 Å². The Hall–Kier alpha value is -2.26. The van der Waals surface area contributed by atoms with Crippen molar-refractivity contribution in [1.29, 1.82) is 0 Å². The summed E-state index contributed by atoms with van der Waals surface area (Å²) in [5, 5.41) is 10.7. The van der Waals surface area contributed by atoms with Gasteiger partial charge in [-0.25, -0.2) is 13.1 Å². The Bertz CT molecular complexity index is 864. The van der Waals surface area contributed by atoms with Crippen molar-refractivity contribution in [2.24, 2.45) is 0 Å². The van der Waals surface area contributed by atoms with Crippen molar-refractivity contribution in [2.45, 2.75) is 43.7 Å². The third-order valence-electron chi connectivity index (χ3n) is 4.28. The molecule has 1 aromatic heterocycles. The standard InChI is InChI=1S/C17H23N5O3S/c1-13(2)18-17(23)16-12-22(20-19-16)14-7-6-10-21(11-14)26(24,25)15-8-4-3-5-9-15/h3-5,8-9,12-14H,6-7,10-11H2,1-2H3,(H,18,23)/t14-/m1/s1. The van der Waals surface area contributed by atoms with Gasteiger partial charge in [0.15, 0.2) is 5.69 Å². The second kappa shape index (κ2) is 7.55. The Labute approximate surface area is 153 Å². The first-order chi connectivity index (χ1) is 12.4. The smallest absolute Gasteiger partial charge is 0.273 e. The number of nitrogens with zero attached hydrogens (tertiary/aromatic N) is 4. The van der Waals surface area contributed by atoms with Crippen LogP contribution in [-0.2, 0) is 10.0 Å². The maximum Gasteiger partial charge on any atom is 0.273 e. The molecular formula is C17H23N5O3S. The van der Waals surface area contributed by atoms with E-state index in [9.17, 15) is 13.2 Å². The van der Waals surface area contributed by atoms with E-state index in [1.807, 2.05) is 13.8 Å². The lowest BCUT2D eigenvalue weighted by atomic mass is 10.1. The van der Waals surface area contributed by atoms with Crippen molar-refractivity contribution in [3.63, 3.8) is 0 Å². The van der Waals surface area contributed by atoms with Crippen molar-refractivity contribution >= 4 is 15.9 Å². The number of hydrogen-bond donors (Lipinski definition) is 1. The highest BCUT2D eigenvalue weighted by Crippen LogP contribution is 2.26. The van der Waals surface area contributed by atoms with Gasteiger partial charge >= 0.3 is 0 Å². The molecule has 1 aliphatic heterocycles. The highest BCUT2D eigenvalue weighted by atomic mass is 32.2. The fraction of sp³-hybridized carbons (Fsp3) is 0.471. The Morgan fingerprint density at radius 2 is 2.00 bits per heavy atom. The lowest BCUT2D eigenvalue weighted by Gasteiger charge is -2.31. The molecule has 0 aliphatic carbocycles. The summed E-state index contributed by atoms with van der Waals surface area (Å²) in [7, 11) is -3.54. The first-order valence-electron chi connectivity index (χ1n) is 8.66. The van der Waals surface area contributed by atoms with Crippen molar-refractivity contribution in [1.82, 2.24) is 24.6 Å². The number of sulfonamides is 1. The van der Waals surface area contributed by atoms with Crippen LogP contribution in [-0.4, -0.2) is 52.8 Å². The molecule has 1 saturated heterocycles. The normalized spacial score (nSPS) is 18.8. The van der Waals surface area contributed by atoms with Gasteiger partial charge in [-0.15, -0.1) is 5.10 Å². The summed E-state index contributed by atoms with van der Waals surface area (Å²) >= 11 is 0. The largest absolute Gasteiger partial charge is 0.348 e. The lowest BCUT2D eigenvalue weighted by Crippen LogP contribution is -2.40. The molecule has 0 bridgehead atoms. The van der Waals surface area contributed by atoms with Gasteiger partial charge in [0.05, 0.1) is 17.1 Å². The van der Waals surface area contributed by atoms with E-state index in [2.05, 4.69) is 15.6 Å². The molecule has 2 heterocycles. The van der Waals surface area contributed by atoms with Gasteiger partial charge in [0, 0.05) is 19.1 Å². The van der Waals surface area contributed by atoms with E-state index in [1.165, 1.54) is 4.31 Å². The van der Waals surface area contributed by atoms with E-state index in [0.717, 1.165) is 12.8 Å². The van der Waals surface area contributed by atoms with Crippen LogP contribution >= 0.6 is 0 Å². The summed E-state index contributed by atoms with van der Waals surface area (Å²) in [6, 6.07) is 8.28. The molecule has 9 heteroatoms. The van der Waals surface area contributed by atoms with Crippen molar-refractivity contribution in [3.05, 3.63) is 42.2 Å². The predicted molar refractivity (Wildman–Crippen MR) is 96.1 cm³/mol. The molecule has 1 atom stereocenters. The maximum absolute atomic E-state index is 12.8. The number of rotatable bonds is 5. The third kappa shape index (κ3) is 3.94. The Kier molecular flexibility index (Phi) is 5.38. The van der Waals surface area contributed by atoms with Crippen LogP contribution in [0.5, 0.6) is 0 Å². The fourth-order valence-corrected chi connectivity index (χ4v) is 4.53. The van der Waals surface area contributed by atoms with Crippen LogP contribution in [0, 0.1) is 0 Å². The SMILES string of the molecule is CC(C)NC(=O)c1cn([C@@H]2CCCN(S(=O)(=O)c3ccccc3)C2)nn1. The molecule has 0 spiro atoms. The first-order valence-corrected chi connectivity index (χ1v) is 10.1. The fourth-order valence-electron chi connectivity index (χ4n) is 2.99. The predicted octanol–water partition coefficient (Wildman–Crippen LogP) is 1.44. The van der Waals surface area contributed by atoms with E-state index in [4.69, 9.17) is 0 Å². The maximum atomic E-state index is 12.8. The molecular weight excluding hydrogens is 354 g/mol. The molecule has 8 nitrogen and oxygen atoms in total. The molecule has 1 aliphatic rings.